The average molecular weight is 407 g/mol. The maximum atomic E-state index is 12.7. The molecule has 0 aliphatic heterocycles. The smallest absolute Gasteiger partial charge is 0.383 e. The number of rotatable bonds is 3. The van der Waals surface area contributed by atoms with E-state index in [1.165, 1.54) is 19.4 Å². The van der Waals surface area contributed by atoms with Gasteiger partial charge in [0.15, 0.2) is 0 Å². The van der Waals surface area contributed by atoms with Gasteiger partial charge in [-0.3, -0.25) is 19.7 Å². The van der Waals surface area contributed by atoms with E-state index in [2.05, 4.69) is 25.5 Å². The Morgan fingerprint density at radius 2 is 1.93 bits per heavy atom. The number of nitrogen functional groups attached to an aromatic ring is 1. The number of hydrogen-bond donors (Lipinski definition) is 3. The van der Waals surface area contributed by atoms with Gasteiger partial charge in [0, 0.05) is 13.2 Å². The van der Waals surface area contributed by atoms with Crippen molar-refractivity contribution in [3.8, 4) is 0 Å². The molecule has 3 rings (SSSR count). The number of aromatic amines is 1. The first-order valence-electron chi connectivity index (χ1n) is 8.28. The van der Waals surface area contributed by atoms with Gasteiger partial charge in [0.05, 0.1) is 46.3 Å². The van der Waals surface area contributed by atoms with E-state index in [0.29, 0.717) is 17.1 Å². The molecule has 0 aromatic carbocycles. The number of H-pyrrole nitrogens is 1. The number of carbonyl (C=O) groups is 2. The van der Waals surface area contributed by atoms with Crippen molar-refractivity contribution < 1.29 is 22.8 Å². The summed E-state index contributed by atoms with van der Waals surface area (Å²) in [6, 6.07) is 1.28. The highest BCUT2D eigenvalue weighted by molar-refractivity contribution is 6.40. The zero-order chi connectivity index (χ0) is 21.3. The molecule has 1 atom stereocenters. The SMILES string of the molecule is C[C@H](c1ccc(C(F)(F)F)cn1)N(C)C(=O)C(=O)Nc1cnc(N)c2cn[nH]c12. The van der Waals surface area contributed by atoms with Crippen molar-refractivity contribution in [2.24, 2.45) is 0 Å². The molecule has 0 unspecified atom stereocenters. The summed E-state index contributed by atoms with van der Waals surface area (Å²) in [7, 11) is 1.35. The molecule has 3 aromatic heterocycles. The molecule has 3 aromatic rings. The largest absolute Gasteiger partial charge is 0.417 e. The molecule has 0 saturated heterocycles. The Balaban J connectivity index is 1.74. The predicted molar refractivity (Wildman–Crippen MR) is 97.4 cm³/mol. The Morgan fingerprint density at radius 1 is 1.21 bits per heavy atom. The lowest BCUT2D eigenvalue weighted by Gasteiger charge is -2.24. The summed E-state index contributed by atoms with van der Waals surface area (Å²) in [5, 5.41) is 9.38. The first-order valence-corrected chi connectivity index (χ1v) is 8.28. The first-order chi connectivity index (χ1) is 13.6. The molecule has 152 valence electrons. The summed E-state index contributed by atoms with van der Waals surface area (Å²) in [4.78, 5) is 33.6. The number of carbonyl (C=O) groups excluding carboxylic acids is 2. The van der Waals surface area contributed by atoms with Gasteiger partial charge in [-0.2, -0.15) is 18.3 Å². The normalized spacial score (nSPS) is 12.6. The van der Waals surface area contributed by atoms with Crippen LogP contribution in [0.25, 0.3) is 10.9 Å². The fourth-order valence-corrected chi connectivity index (χ4v) is 2.58. The third-order valence-corrected chi connectivity index (χ3v) is 4.40. The molecule has 0 spiro atoms. The molecular formula is C17H16F3N7O2. The molecule has 2 amide bonds. The first kappa shape index (κ1) is 20.0. The number of pyridine rings is 2. The fourth-order valence-electron chi connectivity index (χ4n) is 2.58. The molecule has 9 nitrogen and oxygen atoms in total. The molecule has 12 heteroatoms. The zero-order valence-electron chi connectivity index (χ0n) is 15.3. The number of likely N-dealkylation sites (N-methyl/N-ethyl adjacent to an activating group) is 1. The maximum absolute atomic E-state index is 12.7. The van der Waals surface area contributed by atoms with Crippen LogP contribution in [0.3, 0.4) is 0 Å². The highest BCUT2D eigenvalue weighted by Gasteiger charge is 2.31. The summed E-state index contributed by atoms with van der Waals surface area (Å²) >= 11 is 0. The topological polar surface area (TPSA) is 130 Å². The molecule has 0 radical (unpaired) electrons. The Labute approximate surface area is 162 Å². The van der Waals surface area contributed by atoms with Crippen LogP contribution in [0.15, 0.2) is 30.7 Å². The lowest BCUT2D eigenvalue weighted by atomic mass is 10.1. The van der Waals surface area contributed by atoms with E-state index in [4.69, 9.17) is 5.73 Å². The van der Waals surface area contributed by atoms with Crippen molar-refractivity contribution in [2.75, 3.05) is 18.1 Å². The van der Waals surface area contributed by atoms with Gasteiger partial charge in [0.2, 0.25) is 0 Å². The molecule has 29 heavy (non-hydrogen) atoms. The van der Waals surface area contributed by atoms with Gasteiger partial charge < -0.3 is 16.0 Å². The average Bonchev–Trinajstić information content (AvgIpc) is 3.19. The molecule has 0 fully saturated rings. The second-order valence-electron chi connectivity index (χ2n) is 6.23. The second kappa shape index (κ2) is 7.37. The van der Waals surface area contributed by atoms with Crippen LogP contribution < -0.4 is 11.1 Å². The molecule has 4 N–H and O–H groups in total. The van der Waals surface area contributed by atoms with Gasteiger partial charge in [0.25, 0.3) is 0 Å². The van der Waals surface area contributed by atoms with Crippen molar-refractivity contribution in [1.82, 2.24) is 25.1 Å². The van der Waals surface area contributed by atoms with E-state index >= 15 is 0 Å². The number of halogens is 3. The maximum Gasteiger partial charge on any atom is 0.417 e. The minimum Gasteiger partial charge on any atom is -0.383 e. The van der Waals surface area contributed by atoms with Gasteiger partial charge in [-0.15, -0.1) is 0 Å². The Bertz CT molecular complexity index is 1060. The van der Waals surface area contributed by atoms with E-state index in [1.54, 1.807) is 6.92 Å². The van der Waals surface area contributed by atoms with Gasteiger partial charge in [-0.05, 0) is 19.1 Å². The predicted octanol–water partition coefficient (Wildman–Crippen LogP) is 2.11. The third-order valence-electron chi connectivity index (χ3n) is 4.40. The number of fused-ring (bicyclic) bond motifs is 1. The molecule has 0 saturated carbocycles. The van der Waals surface area contributed by atoms with Gasteiger partial charge >= 0.3 is 18.0 Å². The van der Waals surface area contributed by atoms with E-state index in [9.17, 15) is 22.8 Å². The third kappa shape index (κ3) is 3.95. The number of hydrogen-bond acceptors (Lipinski definition) is 6. The number of anilines is 2. The highest BCUT2D eigenvalue weighted by Crippen LogP contribution is 2.29. The minimum absolute atomic E-state index is 0.201. The number of amides is 2. The summed E-state index contributed by atoms with van der Waals surface area (Å²) in [5.74, 6) is -1.67. The van der Waals surface area contributed by atoms with Crippen LogP contribution in [-0.4, -0.2) is 43.9 Å². The van der Waals surface area contributed by atoms with Crippen molar-refractivity contribution in [3.63, 3.8) is 0 Å². The number of aromatic nitrogens is 4. The molecule has 0 aliphatic carbocycles. The van der Waals surface area contributed by atoms with Crippen molar-refractivity contribution in [1.29, 1.82) is 0 Å². The van der Waals surface area contributed by atoms with Crippen molar-refractivity contribution in [3.05, 3.63) is 42.0 Å². The van der Waals surface area contributed by atoms with Crippen molar-refractivity contribution in [2.45, 2.75) is 19.1 Å². The summed E-state index contributed by atoms with van der Waals surface area (Å²) in [6.07, 6.45) is -1.12. The van der Waals surface area contributed by atoms with E-state index in [1.807, 2.05) is 0 Å². The fraction of sp³-hybridized carbons (Fsp3) is 0.235. The molecule has 0 aliphatic rings. The number of nitrogens with zero attached hydrogens (tertiary/aromatic N) is 4. The Morgan fingerprint density at radius 3 is 2.55 bits per heavy atom. The van der Waals surface area contributed by atoms with Crippen molar-refractivity contribution >= 4 is 34.2 Å². The monoisotopic (exact) mass is 407 g/mol. The van der Waals surface area contributed by atoms with Crippen LogP contribution in [0.5, 0.6) is 0 Å². The highest BCUT2D eigenvalue weighted by atomic mass is 19.4. The summed E-state index contributed by atoms with van der Waals surface area (Å²) in [6.45, 7) is 1.54. The second-order valence-corrected chi connectivity index (χ2v) is 6.23. The van der Waals surface area contributed by atoms with Gasteiger partial charge in [0.1, 0.15) is 5.82 Å². The van der Waals surface area contributed by atoms with Gasteiger partial charge in [-0.25, -0.2) is 4.98 Å². The molecule has 3 heterocycles. The van der Waals surface area contributed by atoms with Crippen LogP contribution >= 0.6 is 0 Å². The molecule has 0 bridgehead atoms. The number of alkyl halides is 3. The summed E-state index contributed by atoms with van der Waals surface area (Å²) in [5.41, 5.74) is 5.62. The van der Waals surface area contributed by atoms with Crippen LogP contribution in [0, 0.1) is 0 Å². The van der Waals surface area contributed by atoms with Crippen LogP contribution in [-0.2, 0) is 15.8 Å². The molecular weight excluding hydrogens is 391 g/mol. The van der Waals surface area contributed by atoms with E-state index < -0.39 is 29.6 Å². The standard InChI is InChI=1S/C17H16F3N7O2/c1-8(11-4-3-9(5-22-11)17(18,19)20)27(2)16(29)15(28)25-12-7-23-14(21)10-6-24-26-13(10)12/h3-8H,1-2H3,(H2,21,23)(H,24,26)(H,25,28)/t8-/m1/s1. The zero-order valence-corrected chi connectivity index (χ0v) is 15.3. The lowest BCUT2D eigenvalue weighted by molar-refractivity contribution is -0.143. The van der Waals surface area contributed by atoms with Crippen LogP contribution in [0.1, 0.15) is 24.2 Å². The van der Waals surface area contributed by atoms with Crippen LogP contribution in [0.4, 0.5) is 24.7 Å². The minimum atomic E-state index is -4.51. The Kier molecular flexibility index (Phi) is 5.10. The lowest BCUT2D eigenvalue weighted by Crippen LogP contribution is -2.38. The van der Waals surface area contributed by atoms with Gasteiger partial charge in [-0.1, -0.05) is 0 Å². The van der Waals surface area contributed by atoms with Crippen LogP contribution in [0.2, 0.25) is 0 Å². The number of nitrogens with two attached hydrogens (primary N) is 1. The van der Waals surface area contributed by atoms with E-state index in [-0.39, 0.29) is 17.2 Å². The van der Waals surface area contributed by atoms with E-state index in [0.717, 1.165) is 17.0 Å². The quantitative estimate of drug-likeness (QED) is 0.570. The Hall–Kier alpha value is -3.70. The number of nitrogens with one attached hydrogen (secondary N) is 2. The summed E-state index contributed by atoms with van der Waals surface area (Å²) < 4.78 is 38.0.